The third-order valence-electron chi connectivity index (χ3n) is 5.61. The Morgan fingerprint density at radius 3 is 2.26 bits per heavy atom. The predicted molar refractivity (Wildman–Crippen MR) is 110 cm³/mol. The summed E-state index contributed by atoms with van der Waals surface area (Å²) in [5.41, 5.74) is 4.80. The van der Waals surface area contributed by atoms with E-state index in [0.29, 0.717) is 5.56 Å². The molecule has 0 aliphatic heterocycles. The van der Waals surface area contributed by atoms with Crippen molar-refractivity contribution in [3.63, 3.8) is 0 Å². The Morgan fingerprint density at radius 2 is 1.58 bits per heavy atom. The zero-order valence-electron chi connectivity index (χ0n) is 17.0. The molecule has 0 unspecified atom stereocenters. The molecule has 1 nitrogen and oxygen atoms in total. The lowest BCUT2D eigenvalue weighted by Gasteiger charge is -2.13. The van der Waals surface area contributed by atoms with E-state index in [9.17, 15) is 22.0 Å². The maximum absolute atomic E-state index is 14.7. The van der Waals surface area contributed by atoms with Crippen LogP contribution in [0.3, 0.4) is 0 Å². The van der Waals surface area contributed by atoms with Crippen LogP contribution in [0.4, 0.5) is 22.0 Å². The second kappa shape index (κ2) is 8.33. The van der Waals surface area contributed by atoms with Gasteiger partial charge in [0.1, 0.15) is 0 Å². The average molecular weight is 432 g/mol. The molecule has 0 atom stereocenters. The minimum absolute atomic E-state index is 0.0130. The van der Waals surface area contributed by atoms with Crippen LogP contribution in [0.15, 0.2) is 48.5 Å². The summed E-state index contributed by atoms with van der Waals surface area (Å²) in [4.78, 5) is 0. The molecule has 6 heteroatoms. The van der Waals surface area contributed by atoms with Crippen LogP contribution in [0.1, 0.15) is 42.9 Å². The summed E-state index contributed by atoms with van der Waals surface area (Å²) >= 11 is 0. The molecule has 31 heavy (non-hydrogen) atoms. The van der Waals surface area contributed by atoms with Crippen molar-refractivity contribution in [2.75, 3.05) is 0 Å². The summed E-state index contributed by atoms with van der Waals surface area (Å²) in [5, 5.41) is 0. The highest BCUT2D eigenvalue weighted by Gasteiger charge is 2.36. The van der Waals surface area contributed by atoms with Crippen LogP contribution in [0.2, 0.25) is 0 Å². The first kappa shape index (κ1) is 21.3. The van der Waals surface area contributed by atoms with Gasteiger partial charge in [0.25, 0.3) is 0 Å². The van der Waals surface area contributed by atoms with Gasteiger partial charge in [-0.2, -0.15) is 0 Å². The second-order valence-electron chi connectivity index (χ2n) is 7.78. The molecule has 0 saturated heterocycles. The fraction of sp³-hybridized carbons (Fsp3) is 0.280. The van der Waals surface area contributed by atoms with Gasteiger partial charge in [-0.25, -0.2) is 8.78 Å². The van der Waals surface area contributed by atoms with Gasteiger partial charge >= 0.3 is 6.36 Å². The Bertz CT molecular complexity index is 1100. The lowest BCUT2D eigenvalue weighted by molar-refractivity contribution is -0.276. The summed E-state index contributed by atoms with van der Waals surface area (Å²) in [6.45, 7) is 2.17. The Kier molecular flexibility index (Phi) is 5.73. The highest BCUT2D eigenvalue weighted by molar-refractivity contribution is 5.81. The van der Waals surface area contributed by atoms with Crippen molar-refractivity contribution in [2.45, 2.75) is 45.4 Å². The molecular formula is C25H21F5O. The molecule has 3 aromatic rings. The molecular weight excluding hydrogens is 411 g/mol. The number of halogens is 5. The van der Waals surface area contributed by atoms with Gasteiger partial charge < -0.3 is 4.74 Å². The molecule has 0 radical (unpaired) electrons. The maximum atomic E-state index is 14.7. The minimum Gasteiger partial charge on any atom is -0.399 e. The van der Waals surface area contributed by atoms with E-state index in [1.807, 2.05) is 24.3 Å². The van der Waals surface area contributed by atoms with Gasteiger partial charge in [-0.15, -0.1) is 13.2 Å². The molecule has 1 aliphatic carbocycles. The van der Waals surface area contributed by atoms with E-state index in [4.69, 9.17) is 0 Å². The van der Waals surface area contributed by atoms with Crippen molar-refractivity contribution < 1.29 is 26.7 Å². The normalized spacial score (nSPS) is 12.6. The van der Waals surface area contributed by atoms with E-state index >= 15 is 0 Å². The Labute approximate surface area is 177 Å². The largest absolute Gasteiger partial charge is 0.573 e. The maximum Gasteiger partial charge on any atom is 0.573 e. The fourth-order valence-electron chi connectivity index (χ4n) is 4.08. The minimum atomic E-state index is -5.17. The quantitative estimate of drug-likeness (QED) is 0.223. The van der Waals surface area contributed by atoms with Crippen LogP contribution in [0, 0.1) is 11.6 Å². The van der Waals surface area contributed by atoms with Gasteiger partial charge in [0.15, 0.2) is 11.6 Å². The summed E-state index contributed by atoms with van der Waals surface area (Å²) in [7, 11) is 0. The van der Waals surface area contributed by atoms with Crippen LogP contribution in [-0.2, 0) is 12.8 Å². The van der Waals surface area contributed by atoms with Crippen LogP contribution >= 0.6 is 0 Å². The molecule has 0 heterocycles. The van der Waals surface area contributed by atoms with Crippen molar-refractivity contribution in [1.82, 2.24) is 0 Å². The van der Waals surface area contributed by atoms with Gasteiger partial charge in [0, 0.05) is 12.0 Å². The molecule has 162 valence electrons. The third-order valence-corrected chi connectivity index (χ3v) is 5.61. The van der Waals surface area contributed by atoms with Crippen molar-refractivity contribution in [3.05, 3.63) is 76.9 Å². The first-order chi connectivity index (χ1) is 14.8. The van der Waals surface area contributed by atoms with Crippen LogP contribution < -0.4 is 4.74 Å². The highest BCUT2D eigenvalue weighted by Crippen LogP contribution is 2.44. The molecule has 4 rings (SSSR count). The Balaban J connectivity index is 1.61. The van der Waals surface area contributed by atoms with E-state index < -0.39 is 23.7 Å². The molecule has 3 aromatic carbocycles. The number of hydrogen-bond acceptors (Lipinski definition) is 1. The number of fused-ring (bicyclic) bond motifs is 3. The van der Waals surface area contributed by atoms with E-state index in [1.165, 1.54) is 18.4 Å². The molecule has 0 saturated carbocycles. The SMILES string of the molecule is CCCCCc1ccc(-c2ccc3c(c2)Cc2c-3cc(F)c(OC(F)(F)F)c2F)cc1. The molecule has 0 amide bonds. The second-order valence-corrected chi connectivity index (χ2v) is 7.78. The van der Waals surface area contributed by atoms with Gasteiger partial charge in [-0.1, -0.05) is 62.2 Å². The lowest BCUT2D eigenvalue weighted by Crippen LogP contribution is -2.19. The number of rotatable bonds is 6. The number of unbranched alkanes of at least 4 members (excludes halogenated alkanes) is 2. The van der Waals surface area contributed by atoms with E-state index in [-0.39, 0.29) is 17.5 Å². The first-order valence-corrected chi connectivity index (χ1v) is 10.3. The standard InChI is InChI=1S/C25H21F5O/c1-2-3-4-5-15-6-8-16(9-7-15)17-10-11-19-18(12-17)13-21-20(19)14-22(26)24(23(21)27)31-25(28,29)30/h6-12,14H,2-5,13H2,1H3. The zero-order valence-corrected chi connectivity index (χ0v) is 17.0. The van der Waals surface area contributed by atoms with Crippen molar-refractivity contribution in [1.29, 1.82) is 0 Å². The van der Waals surface area contributed by atoms with Crippen LogP contribution in [0.5, 0.6) is 5.75 Å². The van der Waals surface area contributed by atoms with Crippen molar-refractivity contribution in [2.24, 2.45) is 0 Å². The number of ether oxygens (including phenoxy) is 1. The molecule has 0 aromatic heterocycles. The van der Waals surface area contributed by atoms with E-state index in [0.717, 1.165) is 35.6 Å². The first-order valence-electron chi connectivity index (χ1n) is 10.3. The third kappa shape index (κ3) is 4.43. The van der Waals surface area contributed by atoms with Gasteiger partial charge in [0.2, 0.25) is 5.75 Å². The molecule has 0 spiro atoms. The average Bonchev–Trinajstić information content (AvgIpc) is 3.09. The highest BCUT2D eigenvalue weighted by atomic mass is 19.4. The predicted octanol–water partition coefficient (Wildman–Crippen LogP) is 7.83. The zero-order chi connectivity index (χ0) is 22.2. The van der Waals surface area contributed by atoms with E-state index in [1.54, 1.807) is 6.07 Å². The number of aryl methyl sites for hydroxylation is 1. The number of hydrogen-bond donors (Lipinski definition) is 0. The monoisotopic (exact) mass is 432 g/mol. The van der Waals surface area contributed by atoms with Crippen molar-refractivity contribution in [3.8, 4) is 28.0 Å². The summed E-state index contributed by atoms with van der Waals surface area (Å²) in [6, 6.07) is 14.6. The van der Waals surface area contributed by atoms with Gasteiger partial charge in [-0.05, 0) is 52.3 Å². The summed E-state index contributed by atoms with van der Waals surface area (Å²) in [6.07, 6.45) is -0.551. The molecule has 0 bridgehead atoms. The fourth-order valence-corrected chi connectivity index (χ4v) is 4.08. The van der Waals surface area contributed by atoms with Crippen LogP contribution in [-0.4, -0.2) is 6.36 Å². The van der Waals surface area contributed by atoms with E-state index in [2.05, 4.69) is 23.8 Å². The van der Waals surface area contributed by atoms with Crippen LogP contribution in [0.25, 0.3) is 22.3 Å². The molecule has 1 aliphatic rings. The van der Waals surface area contributed by atoms with Gasteiger partial charge in [-0.3, -0.25) is 0 Å². The molecule has 0 N–H and O–H groups in total. The topological polar surface area (TPSA) is 9.23 Å². The van der Waals surface area contributed by atoms with Gasteiger partial charge in [0.05, 0.1) is 0 Å². The molecule has 0 fully saturated rings. The smallest absolute Gasteiger partial charge is 0.399 e. The lowest BCUT2D eigenvalue weighted by atomic mass is 9.97. The Morgan fingerprint density at radius 1 is 0.871 bits per heavy atom. The van der Waals surface area contributed by atoms with Crippen molar-refractivity contribution >= 4 is 0 Å². The number of alkyl halides is 3. The summed E-state index contributed by atoms with van der Waals surface area (Å²) in [5.74, 6) is -4.08. The summed E-state index contributed by atoms with van der Waals surface area (Å²) < 4.78 is 69.9. The Hall–Kier alpha value is -2.89. The number of benzene rings is 3.